The van der Waals surface area contributed by atoms with E-state index in [4.69, 9.17) is 0 Å². The fraction of sp³-hybridized carbons (Fsp3) is 0.278. The van der Waals surface area contributed by atoms with Gasteiger partial charge in [0.2, 0.25) is 0 Å². The molecule has 1 unspecified atom stereocenters. The molecule has 2 aliphatic carbocycles. The Kier molecular flexibility index (Phi) is 4.81. The predicted molar refractivity (Wildman–Crippen MR) is 94.2 cm³/mol. The van der Waals surface area contributed by atoms with E-state index in [0.29, 0.717) is 6.42 Å². The number of Topliss-reactive ketones (excluding diaryl/α,β-unsaturated/α-hetero) is 1. The van der Waals surface area contributed by atoms with Gasteiger partial charge in [0.15, 0.2) is 5.78 Å². The van der Waals surface area contributed by atoms with E-state index < -0.39 is 0 Å². The molecule has 0 amide bonds. The summed E-state index contributed by atoms with van der Waals surface area (Å²) in [6.45, 7) is 0. The topological polar surface area (TPSA) is 37.3 Å². The molecule has 114 valence electrons. The number of carbonyl (C=O) groups is 1. The summed E-state index contributed by atoms with van der Waals surface area (Å²) in [6, 6.07) is 11.8. The van der Waals surface area contributed by atoms with Gasteiger partial charge in [-0.1, -0.05) is 56.1 Å². The van der Waals surface area contributed by atoms with Crippen molar-refractivity contribution in [3.8, 4) is 0 Å². The molecule has 22 heavy (non-hydrogen) atoms. The molecular formula is C18H16Br2O2. The molecule has 0 radical (unpaired) electrons. The van der Waals surface area contributed by atoms with Crippen molar-refractivity contribution in [2.45, 2.75) is 31.8 Å². The Bertz CT molecular complexity index is 725. The largest absolute Gasteiger partial charge is 0.388 e. The summed E-state index contributed by atoms with van der Waals surface area (Å²) in [5.41, 5.74) is 4.45. The highest BCUT2D eigenvalue weighted by Gasteiger charge is 2.21. The smallest absolute Gasteiger partial charge is 0.163 e. The van der Waals surface area contributed by atoms with Crippen LogP contribution in [-0.2, 0) is 12.8 Å². The normalized spacial score (nSPS) is 18.5. The van der Waals surface area contributed by atoms with E-state index in [1.54, 1.807) is 0 Å². The third kappa shape index (κ3) is 3.05. The molecule has 0 fully saturated rings. The van der Waals surface area contributed by atoms with Crippen LogP contribution in [0, 0.1) is 0 Å². The standard InChI is InChI=1S/C9H9BrO.C9H7BrO/c2*10-8-3-1-2-7-6(8)4-5-9(7)11/h1-3,9,11H,4-5H2;1-3H,4-5H2. The van der Waals surface area contributed by atoms with Crippen molar-refractivity contribution in [2.75, 3.05) is 0 Å². The Morgan fingerprint density at radius 2 is 1.59 bits per heavy atom. The van der Waals surface area contributed by atoms with E-state index in [-0.39, 0.29) is 11.9 Å². The van der Waals surface area contributed by atoms with Crippen LogP contribution in [0.15, 0.2) is 45.3 Å². The summed E-state index contributed by atoms with van der Waals surface area (Å²) in [6.07, 6.45) is 3.21. The first-order valence-electron chi connectivity index (χ1n) is 7.34. The second-order valence-corrected chi connectivity index (χ2v) is 7.26. The minimum absolute atomic E-state index is 0.234. The zero-order chi connectivity index (χ0) is 15.7. The maximum Gasteiger partial charge on any atom is 0.163 e. The van der Waals surface area contributed by atoms with Gasteiger partial charge in [-0.3, -0.25) is 4.79 Å². The van der Waals surface area contributed by atoms with Gasteiger partial charge < -0.3 is 5.11 Å². The van der Waals surface area contributed by atoms with Crippen molar-refractivity contribution < 1.29 is 9.90 Å². The van der Waals surface area contributed by atoms with Gasteiger partial charge in [0.1, 0.15) is 0 Å². The van der Waals surface area contributed by atoms with Crippen LogP contribution in [0.25, 0.3) is 0 Å². The second kappa shape index (κ2) is 6.65. The number of carbonyl (C=O) groups excluding carboxylic acids is 1. The Morgan fingerprint density at radius 3 is 2.27 bits per heavy atom. The lowest BCUT2D eigenvalue weighted by Crippen LogP contribution is -1.89. The molecular weight excluding hydrogens is 408 g/mol. The highest BCUT2D eigenvalue weighted by molar-refractivity contribution is 9.10. The number of ketones is 1. The molecule has 2 aromatic carbocycles. The van der Waals surface area contributed by atoms with Gasteiger partial charge in [0.25, 0.3) is 0 Å². The number of aliphatic hydroxyl groups is 1. The van der Waals surface area contributed by atoms with E-state index in [2.05, 4.69) is 31.9 Å². The highest BCUT2D eigenvalue weighted by Crippen LogP contribution is 2.35. The fourth-order valence-corrected chi connectivity index (χ4v) is 4.18. The molecule has 0 heterocycles. The Hall–Kier alpha value is -0.970. The number of hydrogen-bond acceptors (Lipinski definition) is 2. The fourth-order valence-electron chi connectivity index (χ4n) is 3.04. The monoisotopic (exact) mass is 422 g/mol. The van der Waals surface area contributed by atoms with Gasteiger partial charge in [-0.2, -0.15) is 0 Å². The first-order valence-corrected chi connectivity index (χ1v) is 8.92. The van der Waals surface area contributed by atoms with Crippen LogP contribution in [0.5, 0.6) is 0 Å². The van der Waals surface area contributed by atoms with Crippen LogP contribution in [0.4, 0.5) is 0 Å². The Morgan fingerprint density at radius 1 is 0.909 bits per heavy atom. The van der Waals surface area contributed by atoms with Gasteiger partial charge in [-0.25, -0.2) is 0 Å². The molecule has 0 saturated carbocycles. The molecule has 2 aliphatic rings. The Balaban J connectivity index is 0.000000131. The molecule has 4 rings (SSSR count). The quantitative estimate of drug-likeness (QED) is 0.646. The van der Waals surface area contributed by atoms with Crippen molar-refractivity contribution in [1.29, 1.82) is 0 Å². The summed E-state index contributed by atoms with van der Waals surface area (Å²) < 4.78 is 2.20. The van der Waals surface area contributed by atoms with Gasteiger partial charge >= 0.3 is 0 Å². The van der Waals surface area contributed by atoms with Gasteiger partial charge in [0.05, 0.1) is 6.10 Å². The number of rotatable bonds is 0. The van der Waals surface area contributed by atoms with E-state index in [0.717, 1.165) is 39.3 Å². The molecule has 2 nitrogen and oxygen atoms in total. The second-order valence-electron chi connectivity index (χ2n) is 5.55. The maximum absolute atomic E-state index is 11.2. The molecule has 0 aliphatic heterocycles. The average molecular weight is 424 g/mol. The number of benzene rings is 2. The molecule has 0 aromatic heterocycles. The zero-order valence-corrected chi connectivity index (χ0v) is 15.2. The van der Waals surface area contributed by atoms with Crippen molar-refractivity contribution >= 4 is 37.6 Å². The molecule has 0 saturated heterocycles. The van der Waals surface area contributed by atoms with E-state index in [1.165, 1.54) is 11.1 Å². The van der Waals surface area contributed by atoms with Gasteiger partial charge in [-0.05, 0) is 48.1 Å². The third-order valence-electron chi connectivity index (χ3n) is 4.20. The van der Waals surface area contributed by atoms with E-state index in [1.807, 2.05) is 36.4 Å². The lowest BCUT2D eigenvalue weighted by molar-refractivity contribution is 0.0994. The zero-order valence-electron chi connectivity index (χ0n) is 12.0. The summed E-state index contributed by atoms with van der Waals surface area (Å²) in [5.74, 6) is 0.279. The lowest BCUT2D eigenvalue weighted by Gasteiger charge is -2.03. The van der Waals surface area contributed by atoms with Crippen molar-refractivity contribution in [2.24, 2.45) is 0 Å². The lowest BCUT2D eigenvalue weighted by atomic mass is 10.1. The van der Waals surface area contributed by atoms with Crippen LogP contribution >= 0.6 is 31.9 Å². The average Bonchev–Trinajstić information content (AvgIpc) is 3.07. The van der Waals surface area contributed by atoms with Crippen molar-refractivity contribution in [3.63, 3.8) is 0 Å². The van der Waals surface area contributed by atoms with E-state index in [9.17, 15) is 9.90 Å². The summed E-state index contributed by atoms with van der Waals surface area (Å²) >= 11 is 6.89. The molecule has 1 atom stereocenters. The molecule has 2 aromatic rings. The maximum atomic E-state index is 11.2. The number of hydrogen-bond donors (Lipinski definition) is 1. The van der Waals surface area contributed by atoms with Gasteiger partial charge in [-0.15, -0.1) is 0 Å². The molecule has 0 bridgehead atoms. The van der Waals surface area contributed by atoms with Crippen molar-refractivity contribution in [1.82, 2.24) is 0 Å². The van der Waals surface area contributed by atoms with Crippen molar-refractivity contribution in [3.05, 3.63) is 67.6 Å². The number of aliphatic hydroxyl groups excluding tert-OH is 1. The number of halogens is 2. The van der Waals surface area contributed by atoms with Crippen LogP contribution in [0.2, 0.25) is 0 Å². The third-order valence-corrected chi connectivity index (χ3v) is 5.69. The van der Waals surface area contributed by atoms with Crippen LogP contribution in [-0.4, -0.2) is 10.9 Å². The molecule has 1 N–H and O–H groups in total. The summed E-state index contributed by atoms with van der Waals surface area (Å²) in [7, 11) is 0. The van der Waals surface area contributed by atoms with Crippen LogP contribution in [0.1, 0.15) is 46.0 Å². The van der Waals surface area contributed by atoms with Crippen LogP contribution < -0.4 is 0 Å². The first-order chi connectivity index (χ1) is 10.6. The minimum atomic E-state index is -0.234. The Labute approximate surface area is 146 Å². The number of fused-ring (bicyclic) bond motifs is 2. The van der Waals surface area contributed by atoms with Crippen LogP contribution in [0.3, 0.4) is 0 Å². The summed E-state index contributed by atoms with van der Waals surface area (Å²) in [5, 5.41) is 9.48. The SMILES string of the molecule is O=C1CCc2c(Br)cccc21.OC1CCc2c(Br)cccc21. The first kappa shape index (κ1) is 15.9. The van der Waals surface area contributed by atoms with E-state index >= 15 is 0 Å². The highest BCUT2D eigenvalue weighted by atomic mass is 79.9. The predicted octanol–water partition coefficient (Wildman–Crippen LogP) is 5.01. The summed E-state index contributed by atoms with van der Waals surface area (Å²) in [4.78, 5) is 11.2. The molecule has 0 spiro atoms. The van der Waals surface area contributed by atoms with Gasteiger partial charge in [0, 0.05) is 20.9 Å². The minimum Gasteiger partial charge on any atom is -0.388 e. The molecule has 4 heteroatoms.